The monoisotopic (exact) mass is 398 g/mol. The Hall–Kier alpha value is -3.46. The van der Waals surface area contributed by atoms with Gasteiger partial charge in [-0.1, -0.05) is 6.58 Å². The lowest BCUT2D eigenvalue weighted by Crippen LogP contribution is -2.38. The molecule has 9 nitrogen and oxygen atoms in total. The SMILES string of the molecule is C=C(C)\C(=C/C(=N\N)C(=C/N)/C(=O)NC(C)=O)N1CCOC(c2ccncc2)C1. The molecule has 1 aromatic rings. The Balaban J connectivity index is 2.31. The zero-order chi connectivity index (χ0) is 21.4. The minimum absolute atomic E-state index is 0.0135. The first-order valence-corrected chi connectivity index (χ1v) is 9.03. The van der Waals surface area contributed by atoms with Crippen molar-refractivity contribution in [2.24, 2.45) is 16.7 Å². The highest BCUT2D eigenvalue weighted by atomic mass is 16.5. The second kappa shape index (κ2) is 10.2. The Bertz CT molecular complexity index is 860. The summed E-state index contributed by atoms with van der Waals surface area (Å²) in [5.74, 6) is 4.32. The second-order valence-electron chi connectivity index (χ2n) is 6.50. The van der Waals surface area contributed by atoms with Crippen molar-refractivity contribution in [3.05, 3.63) is 65.8 Å². The average molecular weight is 398 g/mol. The standard InChI is InChI=1S/C20H26N6O3/c1-13(2)18(10-17(25-22)16(11-21)20(28)24-14(3)27)26-8-9-29-19(12-26)15-4-6-23-7-5-15/h4-7,10-11,19H,1,8-9,12,21-22H2,2-3H3,(H,24,27,28)/b16-11-,18-10+,25-17+. The smallest absolute Gasteiger partial charge is 0.261 e. The van der Waals surface area contributed by atoms with Crippen LogP contribution in [0.25, 0.3) is 0 Å². The van der Waals surface area contributed by atoms with Crippen LogP contribution in [0.15, 0.2) is 65.3 Å². The number of nitrogens with one attached hydrogen (secondary N) is 1. The van der Waals surface area contributed by atoms with Crippen LogP contribution in [0, 0.1) is 0 Å². The number of imide groups is 1. The van der Waals surface area contributed by atoms with Gasteiger partial charge in [-0.25, -0.2) is 0 Å². The highest BCUT2D eigenvalue weighted by Crippen LogP contribution is 2.26. The third-order valence-corrected chi connectivity index (χ3v) is 4.31. The molecule has 0 spiro atoms. The fraction of sp³-hybridized carbons (Fsp3) is 0.300. The molecule has 1 aliphatic rings. The summed E-state index contributed by atoms with van der Waals surface area (Å²) in [6.45, 7) is 8.81. The Morgan fingerprint density at radius 3 is 2.62 bits per heavy atom. The number of hydrazone groups is 1. The van der Waals surface area contributed by atoms with E-state index in [9.17, 15) is 9.59 Å². The number of carbonyl (C=O) groups excluding carboxylic acids is 2. The number of amides is 2. The van der Waals surface area contributed by atoms with Crippen molar-refractivity contribution in [1.29, 1.82) is 0 Å². The summed E-state index contributed by atoms with van der Waals surface area (Å²) in [5.41, 5.74) is 8.23. The van der Waals surface area contributed by atoms with Gasteiger partial charge < -0.3 is 21.2 Å². The predicted octanol–water partition coefficient (Wildman–Crippen LogP) is 0.735. The minimum atomic E-state index is -0.682. The fourth-order valence-electron chi connectivity index (χ4n) is 2.95. The Kier molecular flexibility index (Phi) is 7.67. The van der Waals surface area contributed by atoms with Crippen molar-refractivity contribution in [1.82, 2.24) is 15.2 Å². The van der Waals surface area contributed by atoms with Crippen molar-refractivity contribution < 1.29 is 14.3 Å². The molecule has 0 bridgehead atoms. The molecule has 29 heavy (non-hydrogen) atoms. The highest BCUT2D eigenvalue weighted by Gasteiger charge is 2.25. The van der Waals surface area contributed by atoms with Crippen LogP contribution in [0.2, 0.25) is 0 Å². The maximum atomic E-state index is 12.2. The molecule has 2 heterocycles. The summed E-state index contributed by atoms with van der Waals surface area (Å²) < 4.78 is 5.89. The molecular weight excluding hydrogens is 372 g/mol. The maximum absolute atomic E-state index is 12.2. The number of carbonyl (C=O) groups is 2. The van der Waals surface area contributed by atoms with E-state index in [1.807, 2.05) is 19.1 Å². The third-order valence-electron chi connectivity index (χ3n) is 4.31. The van der Waals surface area contributed by atoms with Crippen molar-refractivity contribution in [3.63, 3.8) is 0 Å². The molecule has 9 heteroatoms. The van der Waals surface area contributed by atoms with E-state index in [4.69, 9.17) is 16.3 Å². The number of aromatic nitrogens is 1. The number of ether oxygens (including phenoxy) is 1. The van der Waals surface area contributed by atoms with Gasteiger partial charge in [0.2, 0.25) is 5.91 Å². The van der Waals surface area contributed by atoms with Gasteiger partial charge in [0, 0.05) is 44.3 Å². The lowest BCUT2D eigenvalue weighted by Gasteiger charge is -2.36. The van der Waals surface area contributed by atoms with Crippen molar-refractivity contribution in [2.75, 3.05) is 19.7 Å². The van der Waals surface area contributed by atoms with Gasteiger partial charge in [0.15, 0.2) is 0 Å². The first-order chi connectivity index (χ1) is 13.9. The lowest BCUT2D eigenvalue weighted by molar-refractivity contribution is -0.126. The van der Waals surface area contributed by atoms with Crippen LogP contribution < -0.4 is 16.9 Å². The summed E-state index contributed by atoms with van der Waals surface area (Å²) in [5, 5.41) is 5.86. The number of rotatable bonds is 6. The van der Waals surface area contributed by atoms with Gasteiger partial charge in [0.25, 0.3) is 5.91 Å². The molecule has 0 aromatic carbocycles. The van der Waals surface area contributed by atoms with E-state index >= 15 is 0 Å². The molecule has 0 aliphatic carbocycles. The van der Waals surface area contributed by atoms with Gasteiger partial charge in [-0.2, -0.15) is 5.10 Å². The summed E-state index contributed by atoms with van der Waals surface area (Å²) in [6.07, 6.45) is 6.00. The van der Waals surface area contributed by atoms with E-state index in [0.717, 1.165) is 23.0 Å². The zero-order valence-corrected chi connectivity index (χ0v) is 16.6. The Labute approximate surface area is 169 Å². The third kappa shape index (κ3) is 5.76. The van der Waals surface area contributed by atoms with Gasteiger partial charge in [-0.05, 0) is 36.3 Å². The maximum Gasteiger partial charge on any atom is 0.261 e. The van der Waals surface area contributed by atoms with Gasteiger partial charge >= 0.3 is 0 Å². The molecule has 154 valence electrons. The minimum Gasteiger partial charge on any atom is -0.404 e. The van der Waals surface area contributed by atoms with Gasteiger partial charge in [0.05, 0.1) is 17.9 Å². The second-order valence-corrected chi connectivity index (χ2v) is 6.50. The molecule has 1 saturated heterocycles. The lowest BCUT2D eigenvalue weighted by atomic mass is 10.0. The number of pyridine rings is 1. The molecule has 2 amide bonds. The summed E-state index contributed by atoms with van der Waals surface area (Å²) in [7, 11) is 0. The molecule has 1 aliphatic heterocycles. The fourth-order valence-corrected chi connectivity index (χ4v) is 2.95. The number of hydrogen-bond acceptors (Lipinski definition) is 8. The van der Waals surface area contributed by atoms with Gasteiger partial charge in [-0.3, -0.25) is 19.9 Å². The van der Waals surface area contributed by atoms with Crippen LogP contribution in [-0.2, 0) is 14.3 Å². The summed E-state index contributed by atoms with van der Waals surface area (Å²) in [4.78, 5) is 29.6. The number of morpholine rings is 1. The van der Waals surface area contributed by atoms with Crippen LogP contribution in [0.4, 0.5) is 0 Å². The van der Waals surface area contributed by atoms with Crippen LogP contribution in [0.5, 0.6) is 0 Å². The number of hydrogen-bond donors (Lipinski definition) is 3. The average Bonchev–Trinajstić information content (AvgIpc) is 2.71. The van der Waals surface area contributed by atoms with Crippen molar-refractivity contribution >= 4 is 17.5 Å². The van der Waals surface area contributed by atoms with Crippen LogP contribution >= 0.6 is 0 Å². The van der Waals surface area contributed by atoms with Crippen LogP contribution in [0.3, 0.4) is 0 Å². The van der Waals surface area contributed by atoms with E-state index in [2.05, 4.69) is 26.9 Å². The summed E-state index contributed by atoms with van der Waals surface area (Å²) in [6, 6.07) is 3.82. The van der Waals surface area contributed by atoms with Crippen molar-refractivity contribution in [2.45, 2.75) is 20.0 Å². The van der Waals surface area contributed by atoms with Crippen LogP contribution in [-0.4, -0.2) is 47.1 Å². The molecule has 1 aromatic heterocycles. The Morgan fingerprint density at radius 1 is 1.38 bits per heavy atom. The zero-order valence-electron chi connectivity index (χ0n) is 16.6. The number of allylic oxidation sites excluding steroid dienone is 2. The van der Waals surface area contributed by atoms with E-state index in [0.29, 0.717) is 19.7 Å². The van der Waals surface area contributed by atoms with E-state index in [1.54, 1.807) is 18.5 Å². The van der Waals surface area contributed by atoms with Gasteiger partial charge in [-0.15, -0.1) is 0 Å². The molecule has 0 saturated carbocycles. The largest absolute Gasteiger partial charge is 0.404 e. The summed E-state index contributed by atoms with van der Waals surface area (Å²) >= 11 is 0. The molecular formula is C20H26N6O3. The molecule has 0 radical (unpaired) electrons. The van der Waals surface area contributed by atoms with Crippen molar-refractivity contribution in [3.8, 4) is 0 Å². The first kappa shape index (κ1) is 21.8. The first-order valence-electron chi connectivity index (χ1n) is 9.03. The Morgan fingerprint density at radius 2 is 2.07 bits per heavy atom. The molecule has 1 atom stereocenters. The van der Waals surface area contributed by atoms with E-state index in [1.165, 1.54) is 6.92 Å². The highest BCUT2D eigenvalue weighted by molar-refractivity contribution is 6.27. The molecule has 1 unspecified atom stereocenters. The number of nitrogens with zero attached hydrogens (tertiary/aromatic N) is 3. The molecule has 1 fully saturated rings. The quantitative estimate of drug-likeness (QED) is 0.211. The normalized spacial score (nSPS) is 18.3. The van der Waals surface area contributed by atoms with E-state index < -0.39 is 11.8 Å². The predicted molar refractivity (Wildman–Crippen MR) is 110 cm³/mol. The van der Waals surface area contributed by atoms with Gasteiger partial charge in [0.1, 0.15) is 6.10 Å². The topological polar surface area (TPSA) is 136 Å². The van der Waals surface area contributed by atoms with Crippen LogP contribution in [0.1, 0.15) is 25.5 Å². The van der Waals surface area contributed by atoms with E-state index in [-0.39, 0.29) is 17.4 Å². The number of nitrogens with two attached hydrogens (primary N) is 2. The molecule has 5 N–H and O–H groups in total. The molecule has 2 rings (SSSR count).